The molecular formula is C45H31NO. The molecule has 9 aromatic rings. The summed E-state index contributed by atoms with van der Waals surface area (Å²) in [6.07, 6.45) is 0. The molecule has 0 saturated heterocycles. The van der Waals surface area contributed by atoms with Crippen LogP contribution in [0.4, 0.5) is 17.1 Å². The Balaban J connectivity index is 1.19. The van der Waals surface area contributed by atoms with E-state index in [-0.39, 0.29) is 5.41 Å². The minimum Gasteiger partial charge on any atom is -0.456 e. The van der Waals surface area contributed by atoms with Gasteiger partial charge in [-0.2, -0.15) is 0 Å². The maximum atomic E-state index is 6.39. The average Bonchev–Trinajstić information content (AvgIpc) is 3.59. The van der Waals surface area contributed by atoms with E-state index in [0.717, 1.165) is 39.0 Å². The van der Waals surface area contributed by atoms with Gasteiger partial charge in [0.15, 0.2) is 0 Å². The molecule has 2 nitrogen and oxygen atoms in total. The van der Waals surface area contributed by atoms with Gasteiger partial charge in [0.2, 0.25) is 0 Å². The van der Waals surface area contributed by atoms with Crippen molar-refractivity contribution < 1.29 is 4.42 Å². The number of benzene rings is 8. The van der Waals surface area contributed by atoms with E-state index in [2.05, 4.69) is 158 Å². The highest BCUT2D eigenvalue weighted by molar-refractivity contribution is 6.17. The van der Waals surface area contributed by atoms with Gasteiger partial charge >= 0.3 is 0 Å². The molecule has 0 aliphatic heterocycles. The van der Waals surface area contributed by atoms with Crippen molar-refractivity contribution in [3.8, 4) is 11.1 Å². The molecule has 0 saturated carbocycles. The fourth-order valence-corrected chi connectivity index (χ4v) is 8.09. The van der Waals surface area contributed by atoms with Crippen molar-refractivity contribution in [1.29, 1.82) is 0 Å². The van der Waals surface area contributed by atoms with E-state index in [9.17, 15) is 0 Å². The number of rotatable bonds is 3. The third-order valence-corrected chi connectivity index (χ3v) is 10.4. The van der Waals surface area contributed by atoms with Crippen LogP contribution in [0.5, 0.6) is 0 Å². The van der Waals surface area contributed by atoms with Crippen LogP contribution in [-0.4, -0.2) is 0 Å². The van der Waals surface area contributed by atoms with E-state index in [0.29, 0.717) is 0 Å². The van der Waals surface area contributed by atoms with E-state index in [1.54, 1.807) is 0 Å². The summed E-state index contributed by atoms with van der Waals surface area (Å²) in [4.78, 5) is 2.38. The van der Waals surface area contributed by atoms with E-state index in [4.69, 9.17) is 4.42 Å². The number of para-hydroxylation sites is 1. The van der Waals surface area contributed by atoms with Gasteiger partial charge in [-0.25, -0.2) is 0 Å². The monoisotopic (exact) mass is 601 g/mol. The summed E-state index contributed by atoms with van der Waals surface area (Å²) >= 11 is 0. The van der Waals surface area contributed by atoms with Gasteiger partial charge in [0.05, 0.1) is 0 Å². The molecule has 0 amide bonds. The molecule has 2 heteroatoms. The van der Waals surface area contributed by atoms with Crippen LogP contribution in [0.2, 0.25) is 0 Å². The Kier molecular flexibility index (Phi) is 5.37. The second-order valence-corrected chi connectivity index (χ2v) is 13.4. The first-order valence-corrected chi connectivity index (χ1v) is 16.3. The number of hydrogen-bond acceptors (Lipinski definition) is 2. The van der Waals surface area contributed by atoms with Gasteiger partial charge in [0.1, 0.15) is 11.2 Å². The van der Waals surface area contributed by atoms with Crippen LogP contribution >= 0.6 is 0 Å². The molecular weight excluding hydrogens is 571 g/mol. The quantitative estimate of drug-likeness (QED) is 0.187. The zero-order valence-corrected chi connectivity index (χ0v) is 26.3. The molecule has 1 heterocycles. The van der Waals surface area contributed by atoms with Crippen molar-refractivity contribution in [1.82, 2.24) is 0 Å². The highest BCUT2D eigenvalue weighted by atomic mass is 16.3. The second kappa shape index (κ2) is 9.57. The molecule has 0 atom stereocenters. The maximum Gasteiger partial charge on any atom is 0.137 e. The maximum absolute atomic E-state index is 6.39. The molecule has 10 rings (SSSR count). The fourth-order valence-electron chi connectivity index (χ4n) is 8.09. The zero-order chi connectivity index (χ0) is 31.3. The van der Waals surface area contributed by atoms with Gasteiger partial charge in [0.25, 0.3) is 0 Å². The molecule has 0 spiro atoms. The lowest BCUT2D eigenvalue weighted by Crippen LogP contribution is -2.16. The standard InChI is InChI=1S/C45H31NO/c1-45(2)41-13-7-5-11-37(41)38-23-18-31(26-42(38)45)46(32-19-24-40-39-12-6-8-14-43(39)47-44(40)27-32)30-17-22-34-29(25-30)16-21-35-33-10-4-3-9-28(33)15-20-36(34)35/h3-27H,1-2H3. The molecule has 0 fully saturated rings. The van der Waals surface area contributed by atoms with Crippen molar-refractivity contribution in [2.75, 3.05) is 4.90 Å². The van der Waals surface area contributed by atoms with Crippen LogP contribution in [0.25, 0.3) is 65.4 Å². The van der Waals surface area contributed by atoms with E-state index in [1.807, 2.05) is 12.1 Å². The van der Waals surface area contributed by atoms with Gasteiger partial charge in [-0.3, -0.25) is 0 Å². The molecule has 1 aromatic heterocycles. The van der Waals surface area contributed by atoms with E-state index < -0.39 is 0 Å². The first-order chi connectivity index (χ1) is 23.0. The molecule has 0 unspecified atom stereocenters. The van der Waals surface area contributed by atoms with Gasteiger partial charge in [-0.1, -0.05) is 117 Å². The normalized spacial score (nSPS) is 13.5. The van der Waals surface area contributed by atoms with Crippen LogP contribution < -0.4 is 4.90 Å². The zero-order valence-electron chi connectivity index (χ0n) is 26.3. The van der Waals surface area contributed by atoms with Crippen LogP contribution in [-0.2, 0) is 5.41 Å². The Labute approximate surface area is 273 Å². The van der Waals surface area contributed by atoms with Gasteiger partial charge < -0.3 is 9.32 Å². The van der Waals surface area contributed by atoms with Crippen LogP contribution in [0.3, 0.4) is 0 Å². The Bertz CT molecular complexity index is 2730. The number of hydrogen-bond donors (Lipinski definition) is 0. The van der Waals surface area contributed by atoms with E-state index in [1.165, 1.54) is 54.6 Å². The summed E-state index contributed by atoms with van der Waals surface area (Å²) in [6, 6.07) is 55.3. The molecule has 8 aromatic carbocycles. The lowest BCUT2D eigenvalue weighted by molar-refractivity contribution is 0.660. The molecule has 1 aliphatic rings. The highest BCUT2D eigenvalue weighted by Gasteiger charge is 2.35. The smallest absolute Gasteiger partial charge is 0.137 e. The number of anilines is 3. The largest absolute Gasteiger partial charge is 0.456 e. The van der Waals surface area contributed by atoms with Crippen LogP contribution in [0.15, 0.2) is 156 Å². The number of nitrogens with zero attached hydrogens (tertiary/aromatic N) is 1. The van der Waals surface area contributed by atoms with Crippen molar-refractivity contribution in [3.63, 3.8) is 0 Å². The fraction of sp³-hybridized carbons (Fsp3) is 0.0667. The van der Waals surface area contributed by atoms with Crippen molar-refractivity contribution in [3.05, 3.63) is 163 Å². The molecule has 0 bridgehead atoms. The summed E-state index contributed by atoms with van der Waals surface area (Å²) in [6.45, 7) is 4.69. The Morgan fingerprint density at radius 3 is 1.85 bits per heavy atom. The summed E-state index contributed by atoms with van der Waals surface area (Å²) in [5, 5.41) is 9.87. The Morgan fingerprint density at radius 2 is 0.979 bits per heavy atom. The van der Waals surface area contributed by atoms with Gasteiger partial charge in [0, 0.05) is 39.3 Å². The predicted octanol–water partition coefficient (Wildman–Crippen LogP) is 12.8. The minimum absolute atomic E-state index is 0.0959. The summed E-state index contributed by atoms with van der Waals surface area (Å²) in [7, 11) is 0. The topological polar surface area (TPSA) is 16.4 Å². The van der Waals surface area contributed by atoms with Crippen LogP contribution in [0.1, 0.15) is 25.0 Å². The third kappa shape index (κ3) is 3.79. The first kappa shape index (κ1) is 26.4. The Hall–Kier alpha value is -5.86. The first-order valence-electron chi connectivity index (χ1n) is 16.3. The predicted molar refractivity (Wildman–Crippen MR) is 198 cm³/mol. The molecule has 222 valence electrons. The lowest BCUT2D eigenvalue weighted by Gasteiger charge is -2.28. The summed E-state index contributed by atoms with van der Waals surface area (Å²) in [5.74, 6) is 0. The third-order valence-electron chi connectivity index (χ3n) is 10.4. The van der Waals surface area contributed by atoms with Gasteiger partial charge in [-0.05, 0) is 97.0 Å². The number of furan rings is 1. The molecule has 0 radical (unpaired) electrons. The van der Waals surface area contributed by atoms with Crippen molar-refractivity contribution >= 4 is 71.3 Å². The number of fused-ring (bicyclic) bond motifs is 11. The average molecular weight is 602 g/mol. The molecule has 1 aliphatic carbocycles. The summed E-state index contributed by atoms with van der Waals surface area (Å²) < 4.78 is 6.39. The van der Waals surface area contributed by atoms with Crippen LogP contribution in [0, 0.1) is 0 Å². The lowest BCUT2D eigenvalue weighted by atomic mass is 9.82. The highest BCUT2D eigenvalue weighted by Crippen LogP contribution is 2.51. The van der Waals surface area contributed by atoms with E-state index >= 15 is 0 Å². The SMILES string of the molecule is CC1(C)c2ccccc2-c2ccc(N(c3ccc4c(ccc5c6ccccc6ccc45)c3)c3ccc4c(c3)oc3ccccc34)cc21. The van der Waals surface area contributed by atoms with Crippen molar-refractivity contribution in [2.24, 2.45) is 0 Å². The molecule has 47 heavy (non-hydrogen) atoms. The Morgan fingerprint density at radius 1 is 0.404 bits per heavy atom. The minimum atomic E-state index is -0.0959. The summed E-state index contributed by atoms with van der Waals surface area (Å²) in [5.41, 5.74) is 10.4. The second-order valence-electron chi connectivity index (χ2n) is 13.4. The molecule has 0 N–H and O–H groups in total. The van der Waals surface area contributed by atoms with Gasteiger partial charge in [-0.15, -0.1) is 0 Å². The van der Waals surface area contributed by atoms with Crippen molar-refractivity contribution in [2.45, 2.75) is 19.3 Å².